The van der Waals surface area contributed by atoms with Crippen molar-refractivity contribution in [2.24, 2.45) is 0 Å². The van der Waals surface area contributed by atoms with E-state index >= 15 is 0 Å². The lowest BCUT2D eigenvalue weighted by Crippen LogP contribution is -2.23. The van der Waals surface area contributed by atoms with Crippen molar-refractivity contribution in [1.29, 1.82) is 0 Å². The lowest BCUT2D eigenvalue weighted by molar-refractivity contribution is 0.0469. The van der Waals surface area contributed by atoms with Gasteiger partial charge in [-0.2, -0.15) is 0 Å². The number of rotatable bonds is 6. The SMILES string of the molecule is Cc1cc(C)c(C(=O)COC(=O)c2cc(S(=O)(=O)N(C)C)ccc2F)c(C)c1. The fraction of sp³-hybridized carbons (Fsp3) is 0.300. The standard InChI is InChI=1S/C20H22FNO5S/c1-12-8-13(2)19(14(3)9-12)18(23)11-27-20(24)16-10-15(6-7-17(16)21)28(25,26)22(4)5/h6-10H,11H2,1-5H3. The van der Waals surface area contributed by atoms with E-state index in [0.717, 1.165) is 39.2 Å². The van der Waals surface area contributed by atoms with Gasteiger partial charge in [-0.25, -0.2) is 21.9 Å². The summed E-state index contributed by atoms with van der Waals surface area (Å²) in [6, 6.07) is 6.53. The van der Waals surface area contributed by atoms with Crippen LogP contribution in [0.15, 0.2) is 35.2 Å². The maximum absolute atomic E-state index is 14.0. The number of carbonyl (C=O) groups excluding carboxylic acids is 2. The molecule has 0 bridgehead atoms. The Morgan fingerprint density at radius 2 is 1.61 bits per heavy atom. The second kappa shape index (κ2) is 8.20. The quantitative estimate of drug-likeness (QED) is 0.543. The molecule has 0 unspecified atom stereocenters. The highest BCUT2D eigenvalue weighted by molar-refractivity contribution is 7.89. The maximum atomic E-state index is 14.0. The van der Waals surface area contributed by atoms with E-state index in [9.17, 15) is 22.4 Å². The van der Waals surface area contributed by atoms with E-state index in [0.29, 0.717) is 5.56 Å². The Morgan fingerprint density at radius 3 is 2.14 bits per heavy atom. The van der Waals surface area contributed by atoms with Gasteiger partial charge in [-0.3, -0.25) is 4.79 Å². The van der Waals surface area contributed by atoms with Crippen LogP contribution in [0.4, 0.5) is 4.39 Å². The van der Waals surface area contributed by atoms with Crippen molar-refractivity contribution >= 4 is 21.8 Å². The van der Waals surface area contributed by atoms with E-state index in [4.69, 9.17) is 4.74 Å². The number of aryl methyl sites for hydroxylation is 3. The lowest BCUT2D eigenvalue weighted by atomic mass is 9.97. The largest absolute Gasteiger partial charge is 0.454 e. The van der Waals surface area contributed by atoms with Crippen molar-refractivity contribution in [2.75, 3.05) is 20.7 Å². The fourth-order valence-electron chi connectivity index (χ4n) is 2.93. The average molecular weight is 407 g/mol. The molecule has 0 spiro atoms. The number of nitrogens with zero attached hydrogens (tertiary/aromatic N) is 1. The molecule has 150 valence electrons. The smallest absolute Gasteiger partial charge is 0.341 e. The molecule has 0 saturated carbocycles. The predicted octanol–water partition coefficient (Wildman–Crippen LogP) is 3.04. The van der Waals surface area contributed by atoms with Gasteiger partial charge in [0.15, 0.2) is 6.61 Å². The number of sulfonamides is 1. The van der Waals surface area contributed by atoms with E-state index in [-0.39, 0.29) is 4.90 Å². The number of ether oxygens (including phenoxy) is 1. The van der Waals surface area contributed by atoms with Gasteiger partial charge >= 0.3 is 5.97 Å². The number of ketones is 1. The third kappa shape index (κ3) is 4.45. The Labute approximate surface area is 164 Å². The van der Waals surface area contributed by atoms with Crippen LogP contribution in [0.5, 0.6) is 0 Å². The van der Waals surface area contributed by atoms with E-state index in [1.165, 1.54) is 14.1 Å². The predicted molar refractivity (Wildman–Crippen MR) is 103 cm³/mol. The summed E-state index contributed by atoms with van der Waals surface area (Å²) in [6.07, 6.45) is 0. The molecule has 2 rings (SSSR count). The monoisotopic (exact) mass is 407 g/mol. The van der Waals surface area contributed by atoms with Crippen LogP contribution in [0, 0.1) is 26.6 Å². The summed E-state index contributed by atoms with van der Waals surface area (Å²) in [5, 5.41) is 0. The molecule has 2 aromatic rings. The average Bonchev–Trinajstić information content (AvgIpc) is 2.58. The van der Waals surface area contributed by atoms with E-state index in [2.05, 4.69) is 0 Å². The minimum atomic E-state index is -3.85. The van der Waals surface area contributed by atoms with Gasteiger partial charge in [0.2, 0.25) is 15.8 Å². The first-order chi connectivity index (χ1) is 12.9. The first-order valence-electron chi connectivity index (χ1n) is 8.45. The molecule has 6 nitrogen and oxygen atoms in total. The highest BCUT2D eigenvalue weighted by atomic mass is 32.2. The Hall–Kier alpha value is -2.58. The first-order valence-corrected chi connectivity index (χ1v) is 9.89. The van der Waals surface area contributed by atoms with Gasteiger partial charge in [-0.05, 0) is 50.1 Å². The Balaban J connectivity index is 2.23. The van der Waals surface area contributed by atoms with Gasteiger partial charge in [0.25, 0.3) is 0 Å². The van der Waals surface area contributed by atoms with Gasteiger partial charge in [0, 0.05) is 19.7 Å². The van der Waals surface area contributed by atoms with E-state index < -0.39 is 39.8 Å². The molecular weight excluding hydrogens is 385 g/mol. The number of hydrogen-bond acceptors (Lipinski definition) is 5. The molecule has 0 fully saturated rings. The molecule has 0 aromatic heterocycles. The molecule has 0 amide bonds. The molecule has 0 heterocycles. The van der Waals surface area contributed by atoms with Crippen LogP contribution in [-0.2, 0) is 14.8 Å². The first kappa shape index (κ1) is 21.7. The molecule has 0 aliphatic heterocycles. The topological polar surface area (TPSA) is 80.8 Å². The molecule has 8 heteroatoms. The van der Waals surface area contributed by atoms with Crippen LogP contribution in [0.25, 0.3) is 0 Å². The molecule has 0 atom stereocenters. The number of carbonyl (C=O) groups is 2. The molecule has 2 aromatic carbocycles. The van der Waals surface area contributed by atoms with Crippen LogP contribution in [0.1, 0.15) is 37.4 Å². The number of Topliss-reactive ketones (excluding diaryl/α,β-unsaturated/α-hetero) is 1. The van der Waals surface area contributed by atoms with Crippen LogP contribution in [0.2, 0.25) is 0 Å². The van der Waals surface area contributed by atoms with Crippen molar-refractivity contribution in [3.05, 3.63) is 64.0 Å². The zero-order chi connectivity index (χ0) is 21.2. The van der Waals surface area contributed by atoms with E-state index in [1.807, 2.05) is 19.1 Å². The summed E-state index contributed by atoms with van der Waals surface area (Å²) in [7, 11) is -1.21. The van der Waals surface area contributed by atoms with Crippen molar-refractivity contribution in [1.82, 2.24) is 4.31 Å². The van der Waals surface area contributed by atoms with Crippen LogP contribution >= 0.6 is 0 Å². The Kier molecular flexibility index (Phi) is 6.36. The third-order valence-electron chi connectivity index (χ3n) is 4.23. The van der Waals surface area contributed by atoms with Crippen molar-refractivity contribution in [3.63, 3.8) is 0 Å². The normalized spacial score (nSPS) is 11.5. The third-order valence-corrected chi connectivity index (χ3v) is 6.04. The molecule has 0 radical (unpaired) electrons. The Morgan fingerprint density at radius 1 is 1.04 bits per heavy atom. The van der Waals surface area contributed by atoms with Crippen molar-refractivity contribution in [2.45, 2.75) is 25.7 Å². The zero-order valence-corrected chi connectivity index (χ0v) is 17.2. The van der Waals surface area contributed by atoms with Crippen LogP contribution in [-0.4, -0.2) is 45.2 Å². The summed E-state index contributed by atoms with van der Waals surface area (Å²) in [5.41, 5.74) is 2.41. The summed E-state index contributed by atoms with van der Waals surface area (Å²) in [4.78, 5) is 24.5. The summed E-state index contributed by atoms with van der Waals surface area (Å²) in [6.45, 7) is 4.90. The molecule has 0 N–H and O–H groups in total. The molecule has 0 aliphatic rings. The van der Waals surface area contributed by atoms with Gasteiger partial charge in [0.1, 0.15) is 5.82 Å². The molecule has 0 saturated heterocycles. The second-order valence-electron chi connectivity index (χ2n) is 6.70. The van der Waals surface area contributed by atoms with Crippen LogP contribution in [0.3, 0.4) is 0 Å². The van der Waals surface area contributed by atoms with Crippen molar-refractivity contribution < 1.29 is 27.1 Å². The number of esters is 1. The van der Waals surface area contributed by atoms with Crippen LogP contribution < -0.4 is 0 Å². The van der Waals surface area contributed by atoms with Gasteiger partial charge in [-0.1, -0.05) is 17.7 Å². The summed E-state index contributed by atoms with van der Waals surface area (Å²) < 4.78 is 44.3. The van der Waals surface area contributed by atoms with Crippen molar-refractivity contribution in [3.8, 4) is 0 Å². The van der Waals surface area contributed by atoms with Gasteiger partial charge in [0.05, 0.1) is 10.5 Å². The van der Waals surface area contributed by atoms with E-state index in [1.54, 1.807) is 13.8 Å². The fourth-order valence-corrected chi connectivity index (χ4v) is 3.86. The maximum Gasteiger partial charge on any atom is 0.341 e. The number of hydrogen-bond donors (Lipinski definition) is 0. The highest BCUT2D eigenvalue weighted by Gasteiger charge is 2.23. The zero-order valence-electron chi connectivity index (χ0n) is 16.4. The summed E-state index contributed by atoms with van der Waals surface area (Å²) in [5.74, 6) is -2.46. The molecule has 0 aliphatic carbocycles. The second-order valence-corrected chi connectivity index (χ2v) is 8.85. The summed E-state index contributed by atoms with van der Waals surface area (Å²) >= 11 is 0. The lowest BCUT2D eigenvalue weighted by Gasteiger charge is -2.13. The highest BCUT2D eigenvalue weighted by Crippen LogP contribution is 2.20. The Bertz CT molecular complexity index is 1020. The minimum Gasteiger partial charge on any atom is -0.454 e. The molecular formula is C20H22FNO5S. The van der Waals surface area contributed by atoms with Gasteiger partial charge in [-0.15, -0.1) is 0 Å². The minimum absolute atomic E-state index is 0.248. The number of halogens is 1. The van der Waals surface area contributed by atoms with Gasteiger partial charge < -0.3 is 4.74 Å². The number of benzene rings is 2. The molecule has 28 heavy (non-hydrogen) atoms.